The average molecular weight is 520 g/mol. The van der Waals surface area contributed by atoms with E-state index in [1.54, 1.807) is 48.5 Å². The maximum absolute atomic E-state index is 13.5. The van der Waals surface area contributed by atoms with E-state index in [1.807, 2.05) is 45.9 Å². The molecule has 0 atom stereocenters. The van der Waals surface area contributed by atoms with E-state index in [1.165, 1.54) is 10.8 Å². The number of carbonyl (C=O) groups excluding carboxylic acids is 1. The van der Waals surface area contributed by atoms with Crippen molar-refractivity contribution in [2.45, 2.75) is 51.3 Å². The first-order valence-electron chi connectivity index (χ1n) is 12.0. The van der Waals surface area contributed by atoms with Gasteiger partial charge in [-0.05, 0) is 62.6 Å². The standard InChI is InChI=1S/C28H29N3O5S/c1-18-9-11-20(12-10-18)37(34,35)31-14-13-22-24(16-29(5)26(32)25(22)31)21-8-6-7-19-15-30(17-23(19)21)27(33)36-28(2,3)4/h6-14,16H,15,17H2,1-5H3. The highest BCUT2D eigenvalue weighted by Gasteiger charge is 2.30. The van der Waals surface area contributed by atoms with E-state index in [2.05, 4.69) is 0 Å². The highest BCUT2D eigenvalue weighted by Crippen LogP contribution is 2.37. The fourth-order valence-corrected chi connectivity index (χ4v) is 6.04. The van der Waals surface area contributed by atoms with Gasteiger partial charge in [-0.1, -0.05) is 35.9 Å². The van der Waals surface area contributed by atoms with Crippen molar-refractivity contribution >= 4 is 27.0 Å². The number of benzene rings is 2. The van der Waals surface area contributed by atoms with Gasteiger partial charge in [0.1, 0.15) is 11.1 Å². The number of fused-ring (bicyclic) bond motifs is 2. The molecule has 9 heteroatoms. The van der Waals surface area contributed by atoms with Crippen LogP contribution in [0.4, 0.5) is 4.79 Å². The number of nitrogens with zero attached hydrogens (tertiary/aromatic N) is 3. The molecule has 0 fully saturated rings. The monoisotopic (exact) mass is 519 g/mol. The molecule has 0 N–H and O–H groups in total. The lowest BCUT2D eigenvalue weighted by Crippen LogP contribution is -2.33. The van der Waals surface area contributed by atoms with E-state index in [-0.39, 0.29) is 10.4 Å². The molecule has 1 aliphatic rings. The van der Waals surface area contributed by atoms with Gasteiger partial charge in [0.25, 0.3) is 15.6 Å². The fraction of sp³-hybridized carbons (Fsp3) is 0.286. The van der Waals surface area contributed by atoms with Crippen LogP contribution in [-0.4, -0.2) is 33.6 Å². The number of aryl methyl sites for hydroxylation is 2. The Kier molecular flexibility index (Phi) is 5.79. The number of rotatable bonds is 3. The van der Waals surface area contributed by atoms with Gasteiger partial charge in [-0.15, -0.1) is 0 Å². The molecule has 5 rings (SSSR count). The third-order valence-corrected chi connectivity index (χ3v) is 8.18. The molecule has 0 unspecified atom stereocenters. The third kappa shape index (κ3) is 4.33. The minimum absolute atomic E-state index is 0.0835. The largest absolute Gasteiger partial charge is 0.444 e. The maximum Gasteiger partial charge on any atom is 0.410 e. The van der Waals surface area contributed by atoms with Crippen molar-refractivity contribution in [3.05, 3.63) is 88.0 Å². The van der Waals surface area contributed by atoms with Crippen molar-refractivity contribution < 1.29 is 17.9 Å². The summed E-state index contributed by atoms with van der Waals surface area (Å²) in [6.45, 7) is 8.14. The molecule has 2 aromatic carbocycles. The summed E-state index contributed by atoms with van der Waals surface area (Å²) in [6.07, 6.45) is 2.76. The molecule has 0 spiro atoms. The van der Waals surface area contributed by atoms with E-state index in [0.29, 0.717) is 18.5 Å². The summed E-state index contributed by atoms with van der Waals surface area (Å²) in [5, 5.41) is 0.530. The van der Waals surface area contributed by atoms with Crippen LogP contribution in [-0.2, 0) is 34.9 Å². The van der Waals surface area contributed by atoms with Gasteiger partial charge in [-0.2, -0.15) is 0 Å². The van der Waals surface area contributed by atoms with Gasteiger partial charge in [0, 0.05) is 36.9 Å². The molecular formula is C28H29N3O5S. The molecule has 0 saturated carbocycles. The molecule has 3 heterocycles. The van der Waals surface area contributed by atoms with E-state index >= 15 is 0 Å². The predicted octanol–water partition coefficient (Wildman–Crippen LogP) is 4.80. The number of ether oxygens (including phenoxy) is 1. The van der Waals surface area contributed by atoms with E-state index in [9.17, 15) is 18.0 Å². The number of aromatic nitrogens is 2. The van der Waals surface area contributed by atoms with Crippen LogP contribution in [0.3, 0.4) is 0 Å². The van der Waals surface area contributed by atoms with Crippen LogP contribution in [0.15, 0.2) is 70.6 Å². The molecule has 8 nitrogen and oxygen atoms in total. The second-order valence-corrected chi connectivity index (χ2v) is 12.2. The summed E-state index contributed by atoms with van der Waals surface area (Å²) in [5.74, 6) is 0. The average Bonchev–Trinajstić information content (AvgIpc) is 3.46. The Morgan fingerprint density at radius 3 is 2.35 bits per heavy atom. The Hall–Kier alpha value is -3.85. The predicted molar refractivity (Wildman–Crippen MR) is 142 cm³/mol. The van der Waals surface area contributed by atoms with Gasteiger partial charge >= 0.3 is 6.09 Å². The lowest BCUT2D eigenvalue weighted by molar-refractivity contribution is 0.0242. The number of amides is 1. The number of pyridine rings is 1. The number of hydrogen-bond donors (Lipinski definition) is 0. The number of carbonyl (C=O) groups is 1. The van der Waals surface area contributed by atoms with Crippen LogP contribution in [0, 0.1) is 6.92 Å². The molecule has 192 valence electrons. The van der Waals surface area contributed by atoms with Gasteiger partial charge in [0.15, 0.2) is 0 Å². The SMILES string of the molecule is Cc1ccc(S(=O)(=O)n2ccc3c(-c4cccc5c4CN(C(=O)OC(C)(C)C)C5)cn(C)c(=O)c32)cc1. The molecule has 0 aliphatic carbocycles. The van der Waals surface area contributed by atoms with Crippen molar-refractivity contribution in [1.82, 2.24) is 13.4 Å². The highest BCUT2D eigenvalue weighted by molar-refractivity contribution is 7.90. The topological polar surface area (TPSA) is 90.6 Å². The molecular weight excluding hydrogens is 490 g/mol. The first-order chi connectivity index (χ1) is 17.4. The van der Waals surface area contributed by atoms with Crippen LogP contribution in [0.2, 0.25) is 0 Å². The summed E-state index contributed by atoms with van der Waals surface area (Å²) < 4.78 is 35.0. The molecule has 0 bridgehead atoms. The fourth-order valence-electron chi connectivity index (χ4n) is 4.70. The van der Waals surface area contributed by atoms with Crippen LogP contribution in [0.25, 0.3) is 22.0 Å². The summed E-state index contributed by atoms with van der Waals surface area (Å²) in [4.78, 5) is 27.7. The zero-order valence-electron chi connectivity index (χ0n) is 21.5. The third-order valence-electron chi connectivity index (χ3n) is 6.49. The molecule has 0 saturated heterocycles. The minimum Gasteiger partial charge on any atom is -0.444 e. The highest BCUT2D eigenvalue weighted by atomic mass is 32.2. The van der Waals surface area contributed by atoms with Crippen LogP contribution < -0.4 is 5.56 Å². The van der Waals surface area contributed by atoms with Gasteiger partial charge in [-0.25, -0.2) is 17.2 Å². The summed E-state index contributed by atoms with van der Waals surface area (Å²) >= 11 is 0. The second kappa shape index (κ2) is 8.62. The summed E-state index contributed by atoms with van der Waals surface area (Å²) in [5.41, 5.74) is 3.49. The molecule has 1 aliphatic heterocycles. The Bertz CT molecular complexity index is 1710. The Balaban J connectivity index is 1.64. The first-order valence-corrected chi connectivity index (χ1v) is 13.4. The van der Waals surface area contributed by atoms with Gasteiger partial charge in [0.05, 0.1) is 11.4 Å². The summed E-state index contributed by atoms with van der Waals surface area (Å²) in [6, 6.07) is 14.0. The molecule has 0 radical (unpaired) electrons. The molecule has 4 aromatic rings. The maximum atomic E-state index is 13.5. The smallest absolute Gasteiger partial charge is 0.410 e. The van der Waals surface area contributed by atoms with Crippen LogP contribution >= 0.6 is 0 Å². The van der Waals surface area contributed by atoms with Crippen LogP contribution in [0.5, 0.6) is 0 Å². The summed E-state index contributed by atoms with van der Waals surface area (Å²) in [7, 11) is -2.38. The first kappa shape index (κ1) is 24.8. The molecule has 1 amide bonds. The van der Waals surface area contributed by atoms with E-state index in [4.69, 9.17) is 4.74 Å². The molecule has 37 heavy (non-hydrogen) atoms. The lowest BCUT2D eigenvalue weighted by Gasteiger charge is -2.24. The Morgan fingerprint density at radius 2 is 1.68 bits per heavy atom. The number of hydrogen-bond acceptors (Lipinski definition) is 5. The van der Waals surface area contributed by atoms with Crippen molar-refractivity contribution in [3.8, 4) is 11.1 Å². The lowest BCUT2D eigenvalue weighted by atomic mass is 9.96. The zero-order chi connectivity index (χ0) is 26.7. The second-order valence-electron chi connectivity index (χ2n) is 10.4. The minimum atomic E-state index is -3.99. The van der Waals surface area contributed by atoms with Crippen molar-refractivity contribution in [3.63, 3.8) is 0 Å². The van der Waals surface area contributed by atoms with Crippen molar-refractivity contribution in [1.29, 1.82) is 0 Å². The van der Waals surface area contributed by atoms with Crippen molar-refractivity contribution in [2.24, 2.45) is 7.05 Å². The van der Waals surface area contributed by atoms with E-state index in [0.717, 1.165) is 31.8 Å². The van der Waals surface area contributed by atoms with Crippen LogP contribution in [0.1, 0.15) is 37.5 Å². The van der Waals surface area contributed by atoms with Gasteiger partial charge < -0.3 is 9.30 Å². The molecule has 2 aromatic heterocycles. The normalized spacial score (nSPS) is 13.7. The van der Waals surface area contributed by atoms with Gasteiger partial charge in [-0.3, -0.25) is 9.69 Å². The van der Waals surface area contributed by atoms with Crippen molar-refractivity contribution in [2.75, 3.05) is 0 Å². The Morgan fingerprint density at radius 1 is 0.973 bits per heavy atom. The van der Waals surface area contributed by atoms with Gasteiger partial charge in [0.2, 0.25) is 0 Å². The zero-order valence-corrected chi connectivity index (χ0v) is 22.3. The Labute approximate surface area is 215 Å². The van der Waals surface area contributed by atoms with E-state index < -0.39 is 27.3 Å². The quantitative estimate of drug-likeness (QED) is 0.388.